The van der Waals surface area contributed by atoms with Crippen molar-refractivity contribution >= 4 is 29.5 Å². The molecule has 11 nitrogen and oxygen atoms in total. The number of rotatable bonds is 18. The summed E-state index contributed by atoms with van der Waals surface area (Å²) >= 11 is 0. The highest BCUT2D eigenvalue weighted by Crippen LogP contribution is 2.29. The summed E-state index contributed by atoms with van der Waals surface area (Å²) in [5.74, 6) is -1.76. The molecule has 0 aromatic carbocycles. The molecule has 0 aromatic heterocycles. The first kappa shape index (κ1) is 36.5. The highest BCUT2D eigenvalue weighted by molar-refractivity contribution is 5.95. The zero-order chi connectivity index (χ0) is 31.8. The van der Waals surface area contributed by atoms with Gasteiger partial charge in [0.25, 0.3) is 0 Å². The Morgan fingerprint density at radius 3 is 1.58 bits per heavy atom. The van der Waals surface area contributed by atoms with Gasteiger partial charge in [-0.25, -0.2) is 0 Å². The van der Waals surface area contributed by atoms with E-state index in [-0.39, 0.29) is 23.7 Å². The van der Waals surface area contributed by atoms with E-state index in [1.54, 1.807) is 0 Å². The minimum atomic E-state index is -0.863. The van der Waals surface area contributed by atoms with Crippen molar-refractivity contribution in [2.45, 2.75) is 148 Å². The van der Waals surface area contributed by atoms with Crippen LogP contribution in [0.4, 0.5) is 0 Å². The average molecular weight is 607 g/mol. The van der Waals surface area contributed by atoms with Crippen LogP contribution in [0.1, 0.15) is 124 Å². The van der Waals surface area contributed by atoms with Gasteiger partial charge in [0.1, 0.15) is 24.2 Å². The first-order valence-corrected chi connectivity index (χ1v) is 16.7. The van der Waals surface area contributed by atoms with Crippen LogP contribution in [0.3, 0.4) is 0 Å². The van der Waals surface area contributed by atoms with Gasteiger partial charge in [-0.05, 0) is 56.4 Å². The third-order valence-corrected chi connectivity index (χ3v) is 9.31. The Morgan fingerprint density at radius 1 is 0.698 bits per heavy atom. The van der Waals surface area contributed by atoms with Gasteiger partial charge < -0.3 is 32.7 Å². The molecule has 5 amide bonds. The number of amides is 5. The lowest BCUT2D eigenvalue weighted by molar-refractivity contribution is -0.135. The van der Waals surface area contributed by atoms with Gasteiger partial charge >= 0.3 is 0 Å². The molecule has 43 heavy (non-hydrogen) atoms. The lowest BCUT2D eigenvalue weighted by atomic mass is 9.83. The lowest BCUT2D eigenvalue weighted by Crippen LogP contribution is -2.59. The van der Waals surface area contributed by atoms with Crippen molar-refractivity contribution in [2.75, 3.05) is 6.54 Å². The lowest BCUT2D eigenvalue weighted by Gasteiger charge is -2.32. The van der Waals surface area contributed by atoms with Crippen LogP contribution in [-0.2, 0) is 24.0 Å². The number of carbonyl (C=O) groups is 5. The van der Waals surface area contributed by atoms with E-state index in [0.717, 1.165) is 64.2 Å². The van der Waals surface area contributed by atoms with Crippen LogP contribution in [0.2, 0.25) is 0 Å². The first-order chi connectivity index (χ1) is 20.5. The number of unbranched alkanes of at least 4 members (excludes halogenated alkanes) is 1. The number of hydrogen-bond donors (Lipinski definition) is 6. The molecule has 2 aliphatic rings. The molecule has 0 spiro atoms. The van der Waals surface area contributed by atoms with E-state index in [1.165, 1.54) is 6.92 Å². The maximum atomic E-state index is 13.9. The second-order valence-corrected chi connectivity index (χ2v) is 12.9. The van der Waals surface area contributed by atoms with Crippen LogP contribution in [0, 0.1) is 17.8 Å². The van der Waals surface area contributed by atoms with Crippen LogP contribution in [0.15, 0.2) is 0 Å². The molecule has 11 heteroatoms. The van der Waals surface area contributed by atoms with E-state index in [9.17, 15) is 24.0 Å². The van der Waals surface area contributed by atoms with Gasteiger partial charge in [0.15, 0.2) is 0 Å². The van der Waals surface area contributed by atoms with Crippen molar-refractivity contribution in [2.24, 2.45) is 29.2 Å². The largest absolute Gasteiger partial charge is 0.368 e. The zero-order valence-electron chi connectivity index (χ0n) is 26.8. The summed E-state index contributed by atoms with van der Waals surface area (Å²) in [6, 6.07) is -3.33. The van der Waals surface area contributed by atoms with Gasteiger partial charge in [0.2, 0.25) is 29.5 Å². The quantitative estimate of drug-likeness (QED) is 0.130. The third-order valence-electron chi connectivity index (χ3n) is 9.31. The fraction of sp³-hybridized carbons (Fsp3) is 0.844. The predicted molar refractivity (Wildman–Crippen MR) is 167 cm³/mol. The Kier molecular flexibility index (Phi) is 16.6. The Hall–Kier alpha value is -2.69. The minimum Gasteiger partial charge on any atom is -0.368 e. The monoisotopic (exact) mass is 606 g/mol. The molecular formula is C32H58N6O5. The number of primary amides is 1. The molecule has 0 aliphatic heterocycles. The van der Waals surface area contributed by atoms with Crippen molar-refractivity contribution in [3.63, 3.8) is 0 Å². The molecule has 0 saturated heterocycles. The normalized spacial score (nSPS) is 19.7. The van der Waals surface area contributed by atoms with Crippen molar-refractivity contribution in [1.29, 1.82) is 0 Å². The van der Waals surface area contributed by atoms with Crippen LogP contribution in [0.5, 0.6) is 0 Å². The minimum absolute atomic E-state index is 0.128. The van der Waals surface area contributed by atoms with E-state index >= 15 is 0 Å². The van der Waals surface area contributed by atoms with Gasteiger partial charge in [-0.1, -0.05) is 84.5 Å². The number of hydrogen-bond acceptors (Lipinski definition) is 6. The Morgan fingerprint density at radius 2 is 1.16 bits per heavy atom. The predicted octanol–water partition coefficient (Wildman–Crippen LogP) is 2.55. The topological polar surface area (TPSA) is 186 Å². The van der Waals surface area contributed by atoms with E-state index in [1.807, 2.05) is 13.8 Å². The Balaban J connectivity index is 2.26. The molecule has 0 bridgehead atoms. The van der Waals surface area contributed by atoms with Crippen LogP contribution in [-0.4, -0.2) is 60.2 Å². The van der Waals surface area contributed by atoms with E-state index in [0.29, 0.717) is 45.1 Å². The second-order valence-electron chi connectivity index (χ2n) is 12.9. The molecule has 0 aromatic rings. The Labute approximate surface area is 258 Å². The standard InChI is InChI=1S/C32H58N6O5/c1-4-21(2)28(35-22(3)39)32(43)38-27(20-24-15-9-6-10-16-24)31(42)37-26(19-23-13-7-5-8-14-23)30(41)36-25(29(34)40)17-11-12-18-33/h21,23-28H,4-20,33H2,1-3H3,(H2,34,40)(H,35,39)(H,36,41)(H,37,42)(H,38,43)/t21-,25-,26-,27-,28-/m0/s1. The van der Waals surface area contributed by atoms with Crippen molar-refractivity contribution < 1.29 is 24.0 Å². The van der Waals surface area contributed by atoms with Crippen LogP contribution >= 0.6 is 0 Å². The molecule has 0 heterocycles. The average Bonchev–Trinajstić information content (AvgIpc) is 2.99. The van der Waals surface area contributed by atoms with Crippen LogP contribution < -0.4 is 32.7 Å². The van der Waals surface area contributed by atoms with Gasteiger partial charge in [0, 0.05) is 6.92 Å². The molecule has 0 radical (unpaired) electrons. The summed E-state index contributed by atoms with van der Waals surface area (Å²) in [4.78, 5) is 65.0. The summed E-state index contributed by atoms with van der Waals surface area (Å²) in [6.45, 7) is 5.69. The fourth-order valence-corrected chi connectivity index (χ4v) is 6.48. The van der Waals surface area contributed by atoms with Gasteiger partial charge in [-0.15, -0.1) is 0 Å². The molecule has 2 saturated carbocycles. The molecule has 0 unspecified atom stereocenters. The van der Waals surface area contributed by atoms with Crippen molar-refractivity contribution in [3.8, 4) is 0 Å². The number of nitrogens with one attached hydrogen (secondary N) is 4. The summed E-state index contributed by atoms with van der Waals surface area (Å²) in [6.07, 6.45) is 13.9. The summed E-state index contributed by atoms with van der Waals surface area (Å²) in [7, 11) is 0. The highest BCUT2D eigenvalue weighted by Gasteiger charge is 2.34. The molecule has 2 aliphatic carbocycles. The van der Waals surface area contributed by atoms with E-state index < -0.39 is 47.8 Å². The van der Waals surface area contributed by atoms with Gasteiger partial charge in [0.05, 0.1) is 0 Å². The second kappa shape index (κ2) is 19.6. The van der Waals surface area contributed by atoms with E-state index in [4.69, 9.17) is 11.5 Å². The SMILES string of the molecule is CC[C@H](C)[C@H](NC(C)=O)C(=O)N[C@@H](CC1CCCCC1)C(=O)N[C@@H](CC1CCCCC1)C(=O)N[C@@H](CCCCN)C(N)=O. The molecule has 2 rings (SSSR count). The number of nitrogens with two attached hydrogens (primary N) is 2. The third kappa shape index (κ3) is 13.2. The summed E-state index contributed by atoms with van der Waals surface area (Å²) in [5, 5.41) is 11.4. The summed E-state index contributed by atoms with van der Waals surface area (Å²) < 4.78 is 0. The zero-order valence-corrected chi connectivity index (χ0v) is 26.8. The maximum absolute atomic E-state index is 13.9. The smallest absolute Gasteiger partial charge is 0.243 e. The van der Waals surface area contributed by atoms with Gasteiger partial charge in [-0.3, -0.25) is 24.0 Å². The molecule has 8 N–H and O–H groups in total. The van der Waals surface area contributed by atoms with Crippen molar-refractivity contribution in [3.05, 3.63) is 0 Å². The first-order valence-electron chi connectivity index (χ1n) is 16.7. The van der Waals surface area contributed by atoms with Crippen molar-refractivity contribution in [1.82, 2.24) is 21.3 Å². The molecule has 2 fully saturated rings. The van der Waals surface area contributed by atoms with E-state index in [2.05, 4.69) is 21.3 Å². The summed E-state index contributed by atoms with van der Waals surface area (Å²) in [5.41, 5.74) is 11.2. The maximum Gasteiger partial charge on any atom is 0.243 e. The molecule has 5 atom stereocenters. The molecular weight excluding hydrogens is 548 g/mol. The molecule has 246 valence electrons. The Bertz CT molecular complexity index is 903. The number of carbonyl (C=O) groups excluding carboxylic acids is 5. The highest BCUT2D eigenvalue weighted by atomic mass is 16.2. The van der Waals surface area contributed by atoms with Crippen LogP contribution in [0.25, 0.3) is 0 Å². The fourth-order valence-electron chi connectivity index (χ4n) is 6.48. The van der Waals surface area contributed by atoms with Gasteiger partial charge in [-0.2, -0.15) is 0 Å².